The van der Waals surface area contributed by atoms with Crippen molar-refractivity contribution in [3.05, 3.63) is 36.4 Å². The number of nitrogen functional groups attached to an aromatic ring is 1. The van der Waals surface area contributed by atoms with E-state index in [0.29, 0.717) is 17.1 Å². The molecule has 3 N–H and O–H groups in total. The van der Waals surface area contributed by atoms with Crippen LogP contribution in [0, 0.1) is 0 Å². The molecule has 0 spiro atoms. The number of pyridine rings is 1. The monoisotopic (exact) mass is 204 g/mol. The number of hydrazine groups is 1. The maximum atomic E-state index is 11.2. The normalized spacial score (nSPS) is 9.93. The van der Waals surface area contributed by atoms with E-state index in [1.807, 2.05) is 5.43 Å². The minimum Gasteiger partial charge on any atom is -0.443 e. The minimum absolute atomic E-state index is 0.363. The fourth-order valence-electron chi connectivity index (χ4n) is 1.12. The number of amides is 1. The van der Waals surface area contributed by atoms with Crippen LogP contribution < -0.4 is 11.3 Å². The topological polar surface area (TPSA) is 94.0 Å². The molecular weight excluding hydrogens is 196 g/mol. The summed E-state index contributed by atoms with van der Waals surface area (Å²) in [5.41, 5.74) is 2.93. The predicted molar refractivity (Wildman–Crippen MR) is 51.4 cm³/mol. The van der Waals surface area contributed by atoms with E-state index in [0.717, 1.165) is 0 Å². The van der Waals surface area contributed by atoms with Crippen LogP contribution in [-0.2, 0) is 0 Å². The third-order valence-electron chi connectivity index (χ3n) is 1.80. The maximum Gasteiger partial charge on any atom is 0.265 e. The van der Waals surface area contributed by atoms with Crippen molar-refractivity contribution < 1.29 is 9.21 Å². The van der Waals surface area contributed by atoms with Crippen LogP contribution in [0.4, 0.5) is 0 Å². The van der Waals surface area contributed by atoms with E-state index in [2.05, 4.69) is 9.97 Å². The summed E-state index contributed by atoms with van der Waals surface area (Å²) in [7, 11) is 0. The number of carbonyl (C=O) groups is 1. The highest BCUT2D eigenvalue weighted by Gasteiger charge is 2.08. The molecule has 0 aliphatic carbocycles. The number of nitrogens with zero attached hydrogens (tertiary/aromatic N) is 2. The number of aromatic nitrogens is 2. The van der Waals surface area contributed by atoms with Gasteiger partial charge in [0.25, 0.3) is 5.91 Å². The zero-order chi connectivity index (χ0) is 10.7. The number of rotatable bonds is 2. The van der Waals surface area contributed by atoms with E-state index in [9.17, 15) is 4.79 Å². The molecule has 76 valence electrons. The molecule has 0 unspecified atom stereocenters. The van der Waals surface area contributed by atoms with Gasteiger partial charge in [0.1, 0.15) is 12.0 Å². The summed E-state index contributed by atoms with van der Waals surface area (Å²) in [6.07, 6.45) is 4.43. The highest BCUT2D eigenvalue weighted by Crippen LogP contribution is 2.14. The molecule has 0 aliphatic heterocycles. The molecule has 2 heterocycles. The van der Waals surface area contributed by atoms with E-state index < -0.39 is 0 Å². The Bertz CT molecular complexity index is 467. The molecule has 0 bridgehead atoms. The molecule has 2 rings (SSSR count). The smallest absolute Gasteiger partial charge is 0.265 e. The number of nitrogens with one attached hydrogen (secondary N) is 1. The summed E-state index contributed by atoms with van der Waals surface area (Å²) < 4.78 is 5.05. The largest absolute Gasteiger partial charge is 0.443 e. The molecule has 0 saturated carbocycles. The number of hydrogen-bond donors (Lipinski definition) is 2. The standard InChI is InChI=1S/C9H8N4O2/c10-13-8(14)6-1-2-11-7(5-6)9-12-3-4-15-9/h1-5H,10H2,(H,13,14). The Hall–Kier alpha value is -2.21. The van der Waals surface area contributed by atoms with Gasteiger partial charge in [-0.3, -0.25) is 15.2 Å². The highest BCUT2D eigenvalue weighted by molar-refractivity contribution is 5.94. The van der Waals surface area contributed by atoms with E-state index >= 15 is 0 Å². The summed E-state index contributed by atoms with van der Waals surface area (Å²) in [5, 5.41) is 0. The van der Waals surface area contributed by atoms with E-state index in [1.165, 1.54) is 18.7 Å². The average Bonchev–Trinajstić information content (AvgIpc) is 2.82. The maximum absolute atomic E-state index is 11.2. The van der Waals surface area contributed by atoms with Crippen LogP contribution in [0.15, 0.2) is 35.2 Å². The van der Waals surface area contributed by atoms with Crippen LogP contribution in [0.2, 0.25) is 0 Å². The molecule has 0 fully saturated rings. The van der Waals surface area contributed by atoms with Gasteiger partial charge >= 0.3 is 0 Å². The second kappa shape index (κ2) is 3.89. The molecule has 0 saturated heterocycles. The van der Waals surface area contributed by atoms with Crippen LogP contribution >= 0.6 is 0 Å². The van der Waals surface area contributed by atoms with Gasteiger partial charge in [-0.25, -0.2) is 10.8 Å². The quantitative estimate of drug-likeness (QED) is 0.418. The zero-order valence-electron chi connectivity index (χ0n) is 7.68. The first-order valence-corrected chi connectivity index (χ1v) is 4.18. The number of nitrogens with two attached hydrogens (primary N) is 1. The fraction of sp³-hybridized carbons (Fsp3) is 0. The Morgan fingerprint density at radius 1 is 1.40 bits per heavy atom. The van der Waals surface area contributed by atoms with E-state index in [4.69, 9.17) is 10.3 Å². The lowest BCUT2D eigenvalue weighted by atomic mass is 10.2. The highest BCUT2D eigenvalue weighted by atomic mass is 16.3. The minimum atomic E-state index is -0.384. The SMILES string of the molecule is NNC(=O)c1ccnc(-c2ncco2)c1. The Morgan fingerprint density at radius 2 is 2.27 bits per heavy atom. The molecule has 0 radical (unpaired) electrons. The van der Waals surface area contributed by atoms with Crippen LogP contribution in [0.25, 0.3) is 11.6 Å². The molecule has 0 aromatic carbocycles. The molecule has 6 nitrogen and oxygen atoms in total. The van der Waals surface area contributed by atoms with Crippen molar-refractivity contribution >= 4 is 5.91 Å². The summed E-state index contributed by atoms with van der Waals surface area (Å²) in [5.74, 6) is 4.99. The second-order valence-corrected chi connectivity index (χ2v) is 2.74. The lowest BCUT2D eigenvalue weighted by Gasteiger charge is -2.00. The first-order chi connectivity index (χ1) is 7.31. The fourth-order valence-corrected chi connectivity index (χ4v) is 1.12. The third-order valence-corrected chi connectivity index (χ3v) is 1.80. The van der Waals surface area contributed by atoms with Gasteiger partial charge in [0.2, 0.25) is 5.89 Å². The van der Waals surface area contributed by atoms with Crippen LogP contribution in [0.5, 0.6) is 0 Å². The number of hydrogen-bond acceptors (Lipinski definition) is 5. The summed E-state index contributed by atoms with van der Waals surface area (Å²) in [6, 6.07) is 3.10. The molecular formula is C9H8N4O2. The van der Waals surface area contributed by atoms with Crippen molar-refractivity contribution in [3.63, 3.8) is 0 Å². The van der Waals surface area contributed by atoms with Gasteiger partial charge in [0.15, 0.2) is 0 Å². The average molecular weight is 204 g/mol. The van der Waals surface area contributed by atoms with Crippen molar-refractivity contribution in [3.8, 4) is 11.6 Å². The van der Waals surface area contributed by atoms with Crippen molar-refractivity contribution in [1.82, 2.24) is 15.4 Å². The molecule has 2 aromatic heterocycles. The van der Waals surface area contributed by atoms with Crippen LogP contribution in [-0.4, -0.2) is 15.9 Å². The molecule has 15 heavy (non-hydrogen) atoms. The molecule has 2 aromatic rings. The molecule has 0 aliphatic rings. The van der Waals surface area contributed by atoms with Gasteiger partial charge in [0, 0.05) is 11.8 Å². The second-order valence-electron chi connectivity index (χ2n) is 2.74. The summed E-state index contributed by atoms with van der Waals surface area (Å²) in [6.45, 7) is 0. The lowest BCUT2D eigenvalue weighted by Crippen LogP contribution is -2.29. The van der Waals surface area contributed by atoms with Gasteiger partial charge < -0.3 is 4.42 Å². The molecule has 0 atom stereocenters. The first kappa shape index (κ1) is 9.35. The summed E-state index contributed by atoms with van der Waals surface area (Å²) >= 11 is 0. The van der Waals surface area contributed by atoms with E-state index in [1.54, 1.807) is 12.1 Å². The van der Waals surface area contributed by atoms with Gasteiger partial charge in [-0.1, -0.05) is 0 Å². The molecule has 6 heteroatoms. The Kier molecular flexibility index (Phi) is 2.42. The Labute approximate surface area is 85.1 Å². The van der Waals surface area contributed by atoms with Gasteiger partial charge in [-0.05, 0) is 12.1 Å². The van der Waals surface area contributed by atoms with Crippen LogP contribution in [0.3, 0.4) is 0 Å². The predicted octanol–water partition coefficient (Wildman–Crippen LogP) is 0.340. The van der Waals surface area contributed by atoms with Crippen molar-refractivity contribution in [2.45, 2.75) is 0 Å². The zero-order valence-corrected chi connectivity index (χ0v) is 7.68. The third kappa shape index (κ3) is 1.84. The van der Waals surface area contributed by atoms with Crippen LogP contribution in [0.1, 0.15) is 10.4 Å². The van der Waals surface area contributed by atoms with Crippen molar-refractivity contribution in [1.29, 1.82) is 0 Å². The Balaban J connectivity index is 2.39. The molecule has 1 amide bonds. The lowest BCUT2D eigenvalue weighted by molar-refractivity contribution is 0.0953. The van der Waals surface area contributed by atoms with Crippen molar-refractivity contribution in [2.24, 2.45) is 5.84 Å². The van der Waals surface area contributed by atoms with Gasteiger partial charge in [-0.15, -0.1) is 0 Å². The van der Waals surface area contributed by atoms with Gasteiger partial charge in [-0.2, -0.15) is 0 Å². The Morgan fingerprint density at radius 3 is 2.93 bits per heavy atom. The van der Waals surface area contributed by atoms with E-state index in [-0.39, 0.29) is 5.91 Å². The first-order valence-electron chi connectivity index (χ1n) is 4.18. The summed E-state index contributed by atoms with van der Waals surface area (Å²) in [4.78, 5) is 19.2. The van der Waals surface area contributed by atoms with Crippen molar-refractivity contribution in [2.75, 3.05) is 0 Å². The van der Waals surface area contributed by atoms with Gasteiger partial charge in [0.05, 0.1) is 6.20 Å². The number of oxazole rings is 1. The number of carbonyl (C=O) groups excluding carboxylic acids is 1.